The number of nitrogens with zero attached hydrogens (tertiary/aromatic N) is 4. The van der Waals surface area contributed by atoms with E-state index in [2.05, 4.69) is 27.1 Å². The molecule has 21 heavy (non-hydrogen) atoms. The number of hydrogen-bond acceptors (Lipinski definition) is 2. The van der Waals surface area contributed by atoms with Gasteiger partial charge in [0.15, 0.2) is 0 Å². The molecule has 0 amide bonds. The van der Waals surface area contributed by atoms with Gasteiger partial charge in [-0.15, -0.1) is 0 Å². The first-order valence-electron chi connectivity index (χ1n) is 6.85. The third-order valence-electron chi connectivity index (χ3n) is 3.73. The van der Waals surface area contributed by atoms with Crippen molar-refractivity contribution in [3.8, 4) is 0 Å². The molecule has 0 saturated carbocycles. The van der Waals surface area contributed by atoms with E-state index in [1.165, 1.54) is 17.7 Å². The molecule has 1 atom stereocenters. The van der Waals surface area contributed by atoms with Gasteiger partial charge >= 0.3 is 0 Å². The Balaban J connectivity index is 1.87. The predicted molar refractivity (Wildman–Crippen MR) is 78.8 cm³/mol. The zero-order valence-corrected chi connectivity index (χ0v) is 11.5. The van der Waals surface area contributed by atoms with Gasteiger partial charge in [-0.1, -0.05) is 41.5 Å². The van der Waals surface area contributed by atoms with E-state index in [4.69, 9.17) is 5.53 Å². The van der Waals surface area contributed by atoms with E-state index in [0.29, 0.717) is 6.54 Å². The minimum absolute atomic E-state index is 0.289. The quantitative estimate of drug-likeness (QED) is 0.473. The van der Waals surface area contributed by atoms with Crippen LogP contribution in [0.4, 0.5) is 4.39 Å². The molecule has 1 unspecified atom stereocenters. The van der Waals surface area contributed by atoms with Crippen LogP contribution in [0.5, 0.6) is 0 Å². The Bertz CT molecular complexity index is 680. The van der Waals surface area contributed by atoms with Crippen LogP contribution in [0.15, 0.2) is 53.6 Å². The maximum atomic E-state index is 13.4. The molecule has 4 nitrogen and oxygen atoms in total. The predicted octanol–water partition coefficient (Wildman–Crippen LogP) is 4.19. The van der Waals surface area contributed by atoms with Crippen LogP contribution in [-0.2, 0) is 13.1 Å². The van der Waals surface area contributed by atoms with Crippen molar-refractivity contribution in [2.45, 2.75) is 19.1 Å². The molecule has 1 aliphatic heterocycles. The second-order valence-electron chi connectivity index (χ2n) is 5.22. The summed E-state index contributed by atoms with van der Waals surface area (Å²) in [6, 6.07) is 14.5. The first-order valence-corrected chi connectivity index (χ1v) is 6.85. The van der Waals surface area contributed by atoms with Gasteiger partial charge in [0.25, 0.3) is 0 Å². The van der Waals surface area contributed by atoms with E-state index in [1.807, 2.05) is 18.2 Å². The van der Waals surface area contributed by atoms with Crippen LogP contribution in [0.1, 0.15) is 22.7 Å². The van der Waals surface area contributed by atoms with Crippen LogP contribution in [0.2, 0.25) is 0 Å². The first kappa shape index (κ1) is 13.6. The van der Waals surface area contributed by atoms with Crippen LogP contribution in [0.3, 0.4) is 0 Å². The largest absolute Gasteiger partial charge is 0.294 e. The molecule has 0 saturated heterocycles. The SMILES string of the molecule is [N-]=[N+]=NC1CN(Cc2ccccc2)Cc2ccc(F)cc21. The number of azide groups is 1. The molecule has 0 fully saturated rings. The summed E-state index contributed by atoms with van der Waals surface area (Å²) >= 11 is 0. The van der Waals surface area contributed by atoms with Crippen molar-refractivity contribution in [3.63, 3.8) is 0 Å². The number of halogens is 1. The van der Waals surface area contributed by atoms with Gasteiger partial charge in [-0.05, 0) is 34.4 Å². The Labute approximate surface area is 122 Å². The summed E-state index contributed by atoms with van der Waals surface area (Å²) in [6.07, 6.45) is 0. The molecule has 2 aromatic rings. The lowest BCUT2D eigenvalue weighted by Crippen LogP contribution is -2.32. The summed E-state index contributed by atoms with van der Waals surface area (Å²) in [5.74, 6) is -0.289. The molecule has 0 aliphatic carbocycles. The molecule has 5 heteroatoms. The summed E-state index contributed by atoms with van der Waals surface area (Å²) in [5.41, 5.74) is 11.8. The zero-order chi connectivity index (χ0) is 14.7. The monoisotopic (exact) mass is 282 g/mol. The standard InChI is InChI=1S/C16H15FN4/c17-14-7-6-13-10-21(9-12-4-2-1-3-5-12)11-16(19-20-18)15(13)8-14/h1-8,16H,9-11H2. The molecule has 106 valence electrons. The van der Waals surface area contributed by atoms with Gasteiger partial charge in [-0.3, -0.25) is 4.90 Å². The molecule has 3 rings (SSSR count). The van der Waals surface area contributed by atoms with Crippen molar-refractivity contribution in [2.75, 3.05) is 6.54 Å². The minimum atomic E-state index is -0.335. The summed E-state index contributed by atoms with van der Waals surface area (Å²) in [5, 5.41) is 3.83. The van der Waals surface area contributed by atoms with E-state index in [0.717, 1.165) is 24.2 Å². The lowest BCUT2D eigenvalue weighted by Gasteiger charge is -2.32. The summed E-state index contributed by atoms with van der Waals surface area (Å²) < 4.78 is 13.4. The van der Waals surface area contributed by atoms with Crippen LogP contribution >= 0.6 is 0 Å². The van der Waals surface area contributed by atoms with Gasteiger partial charge in [-0.2, -0.15) is 0 Å². The van der Waals surface area contributed by atoms with E-state index in [9.17, 15) is 4.39 Å². The van der Waals surface area contributed by atoms with Gasteiger partial charge in [0.05, 0.1) is 6.04 Å². The van der Waals surface area contributed by atoms with Crippen LogP contribution < -0.4 is 0 Å². The van der Waals surface area contributed by atoms with E-state index < -0.39 is 0 Å². The van der Waals surface area contributed by atoms with Gasteiger partial charge in [0.1, 0.15) is 5.82 Å². The normalized spacial score (nSPS) is 17.9. The summed E-state index contributed by atoms with van der Waals surface area (Å²) in [7, 11) is 0. The van der Waals surface area contributed by atoms with Gasteiger partial charge in [0.2, 0.25) is 0 Å². The van der Waals surface area contributed by atoms with Crippen molar-refractivity contribution in [3.05, 3.63) is 81.5 Å². The van der Waals surface area contributed by atoms with Gasteiger partial charge in [0, 0.05) is 24.5 Å². The average Bonchev–Trinajstić information content (AvgIpc) is 2.49. The Morgan fingerprint density at radius 1 is 1.24 bits per heavy atom. The second kappa shape index (κ2) is 5.95. The van der Waals surface area contributed by atoms with Crippen molar-refractivity contribution < 1.29 is 4.39 Å². The molecular formula is C16H15FN4. The Hall–Kier alpha value is -2.36. The zero-order valence-electron chi connectivity index (χ0n) is 11.5. The van der Waals surface area contributed by atoms with Crippen LogP contribution in [0, 0.1) is 5.82 Å². The Morgan fingerprint density at radius 3 is 2.81 bits per heavy atom. The van der Waals surface area contributed by atoms with E-state index >= 15 is 0 Å². The highest BCUT2D eigenvalue weighted by molar-refractivity contribution is 5.33. The highest BCUT2D eigenvalue weighted by Crippen LogP contribution is 2.30. The molecule has 0 radical (unpaired) electrons. The molecule has 0 bridgehead atoms. The average molecular weight is 282 g/mol. The Morgan fingerprint density at radius 2 is 2.05 bits per heavy atom. The van der Waals surface area contributed by atoms with Gasteiger partial charge < -0.3 is 0 Å². The third kappa shape index (κ3) is 3.05. The van der Waals surface area contributed by atoms with E-state index in [1.54, 1.807) is 6.07 Å². The summed E-state index contributed by atoms with van der Waals surface area (Å²) in [4.78, 5) is 5.12. The molecule has 2 aromatic carbocycles. The maximum Gasteiger partial charge on any atom is 0.123 e. The highest BCUT2D eigenvalue weighted by Gasteiger charge is 2.24. The highest BCUT2D eigenvalue weighted by atomic mass is 19.1. The van der Waals surface area contributed by atoms with Crippen molar-refractivity contribution in [1.82, 2.24) is 4.90 Å². The summed E-state index contributed by atoms with van der Waals surface area (Å²) in [6.45, 7) is 2.13. The van der Waals surface area contributed by atoms with Crippen LogP contribution in [-0.4, -0.2) is 11.4 Å². The number of benzene rings is 2. The number of fused-ring (bicyclic) bond motifs is 1. The second-order valence-corrected chi connectivity index (χ2v) is 5.22. The minimum Gasteiger partial charge on any atom is -0.294 e. The smallest absolute Gasteiger partial charge is 0.123 e. The fourth-order valence-corrected chi connectivity index (χ4v) is 2.79. The molecular weight excluding hydrogens is 267 g/mol. The van der Waals surface area contributed by atoms with Gasteiger partial charge in [-0.25, -0.2) is 4.39 Å². The third-order valence-corrected chi connectivity index (χ3v) is 3.73. The fourth-order valence-electron chi connectivity index (χ4n) is 2.79. The number of hydrogen-bond donors (Lipinski definition) is 0. The van der Waals surface area contributed by atoms with Crippen molar-refractivity contribution in [2.24, 2.45) is 5.11 Å². The van der Waals surface area contributed by atoms with E-state index in [-0.39, 0.29) is 11.9 Å². The number of rotatable bonds is 3. The topological polar surface area (TPSA) is 52.0 Å². The fraction of sp³-hybridized carbons (Fsp3) is 0.250. The van der Waals surface area contributed by atoms with Crippen LogP contribution in [0.25, 0.3) is 10.4 Å². The molecule has 1 aliphatic rings. The first-order chi connectivity index (χ1) is 10.3. The van der Waals surface area contributed by atoms with Crippen molar-refractivity contribution in [1.29, 1.82) is 0 Å². The lowest BCUT2D eigenvalue weighted by atomic mass is 9.95. The molecule has 0 aromatic heterocycles. The Kier molecular flexibility index (Phi) is 3.86. The lowest BCUT2D eigenvalue weighted by molar-refractivity contribution is 0.222. The molecule has 0 N–H and O–H groups in total. The molecule has 0 spiro atoms. The van der Waals surface area contributed by atoms with Crippen molar-refractivity contribution >= 4 is 0 Å². The maximum absolute atomic E-state index is 13.4. The molecule has 1 heterocycles.